The van der Waals surface area contributed by atoms with Gasteiger partial charge < -0.3 is 0 Å². The lowest BCUT2D eigenvalue weighted by Gasteiger charge is -2.05. The van der Waals surface area contributed by atoms with Gasteiger partial charge >= 0.3 is 0 Å². The highest BCUT2D eigenvalue weighted by atomic mass is 79.9. The molecule has 0 bridgehead atoms. The summed E-state index contributed by atoms with van der Waals surface area (Å²) in [6.07, 6.45) is 0.0174. The summed E-state index contributed by atoms with van der Waals surface area (Å²) in [5.74, 6) is -0.883. The number of halogens is 3. The number of aryl methyl sites for hydroxylation is 2. The Morgan fingerprint density at radius 3 is 2.79 bits per heavy atom. The molecule has 19 heavy (non-hydrogen) atoms. The fourth-order valence-corrected chi connectivity index (χ4v) is 2.43. The van der Waals surface area contributed by atoms with E-state index in [2.05, 4.69) is 21.0 Å². The molecule has 0 atom stereocenters. The minimum Gasteiger partial charge on any atom is -0.294 e. The van der Waals surface area contributed by atoms with Crippen molar-refractivity contribution in [1.29, 1.82) is 0 Å². The standard InChI is InChI=1S/C13H11BrClFN2O/c1-7-12(15)10(18(2)17-7)6-11(19)8-4-3-5-9(14)13(8)16/h3-5H,6H2,1-2H3. The van der Waals surface area contributed by atoms with E-state index in [1.54, 1.807) is 30.8 Å². The summed E-state index contributed by atoms with van der Waals surface area (Å²) in [6, 6.07) is 4.63. The predicted molar refractivity (Wildman–Crippen MR) is 75.1 cm³/mol. The molecule has 0 N–H and O–H groups in total. The Labute approximate surface area is 123 Å². The van der Waals surface area contributed by atoms with Crippen LogP contribution in [0.25, 0.3) is 0 Å². The van der Waals surface area contributed by atoms with E-state index in [-0.39, 0.29) is 22.2 Å². The van der Waals surface area contributed by atoms with Crippen LogP contribution in [0, 0.1) is 12.7 Å². The second-order valence-electron chi connectivity index (χ2n) is 4.17. The van der Waals surface area contributed by atoms with E-state index in [1.165, 1.54) is 6.07 Å². The SMILES string of the molecule is Cc1nn(C)c(CC(=O)c2cccc(Br)c2F)c1Cl. The van der Waals surface area contributed by atoms with Crippen LogP contribution in [-0.4, -0.2) is 15.6 Å². The normalized spacial score (nSPS) is 10.8. The van der Waals surface area contributed by atoms with Gasteiger partial charge in [-0.1, -0.05) is 17.7 Å². The van der Waals surface area contributed by atoms with E-state index in [9.17, 15) is 9.18 Å². The molecule has 2 rings (SSSR count). The predicted octanol–water partition coefficient (Wildman–Crippen LogP) is 3.71. The molecule has 3 nitrogen and oxygen atoms in total. The summed E-state index contributed by atoms with van der Waals surface area (Å²) in [5, 5.41) is 4.58. The number of rotatable bonds is 3. The largest absolute Gasteiger partial charge is 0.294 e. The van der Waals surface area contributed by atoms with Gasteiger partial charge in [0, 0.05) is 7.05 Å². The smallest absolute Gasteiger partial charge is 0.171 e. The molecule has 0 amide bonds. The lowest BCUT2D eigenvalue weighted by molar-refractivity contribution is 0.0986. The van der Waals surface area contributed by atoms with Crippen LogP contribution in [0.3, 0.4) is 0 Å². The van der Waals surface area contributed by atoms with E-state index >= 15 is 0 Å². The summed E-state index contributed by atoms with van der Waals surface area (Å²) < 4.78 is 15.7. The number of carbonyl (C=O) groups is 1. The fourth-order valence-electron chi connectivity index (χ4n) is 1.84. The van der Waals surface area contributed by atoms with Crippen molar-refractivity contribution in [3.63, 3.8) is 0 Å². The fraction of sp³-hybridized carbons (Fsp3) is 0.231. The molecule has 6 heteroatoms. The average Bonchev–Trinajstić information content (AvgIpc) is 2.59. The van der Waals surface area contributed by atoms with Crippen LogP contribution in [0.1, 0.15) is 21.7 Å². The highest BCUT2D eigenvalue weighted by molar-refractivity contribution is 9.10. The molecule has 1 aromatic heterocycles. The highest BCUT2D eigenvalue weighted by Crippen LogP contribution is 2.23. The van der Waals surface area contributed by atoms with Gasteiger partial charge in [-0.25, -0.2) is 4.39 Å². The number of Topliss-reactive ketones (excluding diaryl/α,β-unsaturated/α-hetero) is 1. The van der Waals surface area contributed by atoms with Crippen molar-refractivity contribution < 1.29 is 9.18 Å². The number of aromatic nitrogens is 2. The lowest BCUT2D eigenvalue weighted by Crippen LogP contribution is -2.10. The van der Waals surface area contributed by atoms with Gasteiger partial charge in [0.05, 0.1) is 32.9 Å². The van der Waals surface area contributed by atoms with Crippen LogP contribution in [0.5, 0.6) is 0 Å². The molecular weight excluding hydrogens is 335 g/mol. The van der Waals surface area contributed by atoms with Crippen LogP contribution in [0.15, 0.2) is 22.7 Å². The Morgan fingerprint density at radius 2 is 2.21 bits per heavy atom. The van der Waals surface area contributed by atoms with Gasteiger partial charge in [0.25, 0.3) is 0 Å². The van der Waals surface area contributed by atoms with Crippen molar-refractivity contribution in [2.45, 2.75) is 13.3 Å². The Morgan fingerprint density at radius 1 is 1.53 bits per heavy atom. The number of nitrogens with zero attached hydrogens (tertiary/aromatic N) is 2. The molecular formula is C13H11BrClFN2O. The molecule has 1 aromatic carbocycles. The first-order valence-electron chi connectivity index (χ1n) is 5.57. The van der Waals surface area contributed by atoms with E-state index in [0.717, 1.165) is 0 Å². The van der Waals surface area contributed by atoms with E-state index in [1.807, 2.05) is 0 Å². The van der Waals surface area contributed by atoms with Crippen molar-refractivity contribution in [2.75, 3.05) is 0 Å². The van der Waals surface area contributed by atoms with Gasteiger partial charge in [-0.15, -0.1) is 0 Å². The Balaban J connectivity index is 2.34. The first kappa shape index (κ1) is 14.2. The van der Waals surface area contributed by atoms with Crippen molar-refractivity contribution in [1.82, 2.24) is 9.78 Å². The number of carbonyl (C=O) groups excluding carboxylic acids is 1. The molecule has 1 heterocycles. The Kier molecular flexibility index (Phi) is 4.06. The molecule has 0 aliphatic rings. The third-order valence-electron chi connectivity index (χ3n) is 2.84. The van der Waals surface area contributed by atoms with Gasteiger partial charge in [0.2, 0.25) is 0 Å². The van der Waals surface area contributed by atoms with Crippen LogP contribution >= 0.6 is 27.5 Å². The van der Waals surface area contributed by atoms with Gasteiger partial charge in [0.15, 0.2) is 5.78 Å². The van der Waals surface area contributed by atoms with Crippen LogP contribution < -0.4 is 0 Å². The molecule has 0 unspecified atom stereocenters. The molecule has 0 spiro atoms. The van der Waals surface area contributed by atoms with Crippen molar-refractivity contribution in [2.24, 2.45) is 7.05 Å². The minimum absolute atomic E-state index is 0.0174. The second-order valence-corrected chi connectivity index (χ2v) is 5.40. The van der Waals surface area contributed by atoms with Crippen LogP contribution in [-0.2, 0) is 13.5 Å². The van der Waals surface area contributed by atoms with Crippen LogP contribution in [0.4, 0.5) is 4.39 Å². The number of hydrogen-bond acceptors (Lipinski definition) is 2. The first-order chi connectivity index (χ1) is 8.91. The molecule has 0 fully saturated rings. The van der Waals surface area contributed by atoms with Gasteiger partial charge in [0.1, 0.15) is 5.82 Å². The summed E-state index contributed by atoms with van der Waals surface area (Å²) in [4.78, 5) is 12.1. The Hall–Kier alpha value is -1.20. The molecule has 2 aromatic rings. The zero-order chi connectivity index (χ0) is 14.2. The maximum Gasteiger partial charge on any atom is 0.171 e. The first-order valence-corrected chi connectivity index (χ1v) is 6.74. The molecule has 0 aliphatic heterocycles. The van der Waals surface area contributed by atoms with Gasteiger partial charge in [-0.3, -0.25) is 9.48 Å². The quantitative estimate of drug-likeness (QED) is 0.795. The molecule has 0 saturated heterocycles. The molecule has 0 saturated carbocycles. The number of benzene rings is 1. The monoisotopic (exact) mass is 344 g/mol. The lowest BCUT2D eigenvalue weighted by atomic mass is 10.1. The van der Waals surface area contributed by atoms with Crippen LogP contribution in [0.2, 0.25) is 5.02 Å². The second kappa shape index (κ2) is 5.43. The van der Waals surface area contributed by atoms with Gasteiger partial charge in [-0.2, -0.15) is 5.10 Å². The average molecular weight is 346 g/mol. The maximum absolute atomic E-state index is 13.8. The zero-order valence-electron chi connectivity index (χ0n) is 10.4. The van der Waals surface area contributed by atoms with E-state index < -0.39 is 5.82 Å². The minimum atomic E-state index is -0.553. The van der Waals surface area contributed by atoms with Crippen molar-refractivity contribution in [3.05, 3.63) is 50.5 Å². The van der Waals surface area contributed by atoms with E-state index in [4.69, 9.17) is 11.6 Å². The molecule has 0 aliphatic carbocycles. The van der Waals surface area contributed by atoms with Crippen molar-refractivity contribution in [3.8, 4) is 0 Å². The summed E-state index contributed by atoms with van der Waals surface area (Å²) >= 11 is 9.14. The third kappa shape index (κ3) is 2.72. The van der Waals surface area contributed by atoms with Crippen molar-refractivity contribution >= 4 is 33.3 Å². The maximum atomic E-state index is 13.8. The molecule has 0 radical (unpaired) electrons. The van der Waals surface area contributed by atoms with E-state index in [0.29, 0.717) is 16.4 Å². The summed E-state index contributed by atoms with van der Waals surface area (Å²) in [7, 11) is 1.71. The Bertz CT molecular complexity index is 654. The number of ketones is 1. The summed E-state index contributed by atoms with van der Waals surface area (Å²) in [6.45, 7) is 1.76. The topological polar surface area (TPSA) is 34.9 Å². The highest BCUT2D eigenvalue weighted by Gasteiger charge is 2.19. The zero-order valence-corrected chi connectivity index (χ0v) is 12.7. The van der Waals surface area contributed by atoms with Gasteiger partial charge in [-0.05, 0) is 35.0 Å². The third-order valence-corrected chi connectivity index (χ3v) is 3.95. The number of hydrogen-bond donors (Lipinski definition) is 0. The molecule has 100 valence electrons. The summed E-state index contributed by atoms with van der Waals surface area (Å²) in [5.41, 5.74) is 1.29.